The van der Waals surface area contributed by atoms with E-state index >= 15 is 0 Å². The lowest BCUT2D eigenvalue weighted by Gasteiger charge is -2.17. The Morgan fingerprint density at radius 1 is 1.00 bits per heavy atom. The number of hydrogen-bond acceptors (Lipinski definition) is 4. The lowest BCUT2D eigenvalue weighted by molar-refractivity contribution is -0.135. The van der Waals surface area contributed by atoms with Crippen molar-refractivity contribution < 1.29 is 19.1 Å². The first-order valence-electron chi connectivity index (χ1n) is 7.44. The van der Waals surface area contributed by atoms with Gasteiger partial charge in [0.2, 0.25) is 5.91 Å². The molecule has 0 saturated carbocycles. The van der Waals surface area contributed by atoms with Crippen molar-refractivity contribution in [2.24, 2.45) is 0 Å². The van der Waals surface area contributed by atoms with Crippen LogP contribution in [0.2, 0.25) is 0 Å². The zero-order chi connectivity index (χ0) is 17.4. The van der Waals surface area contributed by atoms with E-state index < -0.39 is 0 Å². The number of benzene rings is 2. The molecule has 0 aromatic heterocycles. The molecule has 0 aliphatic carbocycles. The third kappa shape index (κ3) is 5.31. The summed E-state index contributed by atoms with van der Waals surface area (Å²) < 4.78 is 10.5. The maximum Gasteiger partial charge on any atom is 0.260 e. The van der Waals surface area contributed by atoms with Crippen LogP contribution in [-0.4, -0.2) is 44.0 Å². The Morgan fingerprint density at radius 3 is 2.25 bits per heavy atom. The molecule has 126 valence electrons. The van der Waals surface area contributed by atoms with Crippen LogP contribution in [0.1, 0.15) is 0 Å². The Hall–Kier alpha value is -3.02. The maximum absolute atomic E-state index is 12.0. The van der Waals surface area contributed by atoms with E-state index in [9.17, 15) is 9.59 Å². The molecule has 0 unspecified atom stereocenters. The van der Waals surface area contributed by atoms with Crippen LogP contribution in [0.15, 0.2) is 54.6 Å². The van der Waals surface area contributed by atoms with Crippen LogP contribution < -0.4 is 14.8 Å². The van der Waals surface area contributed by atoms with Crippen molar-refractivity contribution in [2.45, 2.75) is 0 Å². The van der Waals surface area contributed by atoms with Crippen molar-refractivity contribution in [1.29, 1.82) is 0 Å². The molecular formula is C18H20N2O4. The quantitative estimate of drug-likeness (QED) is 0.846. The van der Waals surface area contributed by atoms with E-state index in [0.717, 1.165) is 0 Å². The fourth-order valence-electron chi connectivity index (χ4n) is 1.95. The van der Waals surface area contributed by atoms with Crippen LogP contribution in [0, 0.1) is 0 Å². The Morgan fingerprint density at radius 2 is 1.62 bits per heavy atom. The van der Waals surface area contributed by atoms with Crippen molar-refractivity contribution in [2.75, 3.05) is 32.6 Å². The fraction of sp³-hybridized carbons (Fsp3) is 0.222. The second-order valence-corrected chi connectivity index (χ2v) is 5.13. The standard InChI is InChI=1S/C18H20N2O4/c1-20(12-17(21)19-14-6-4-3-5-7-14)18(22)13-24-16-10-8-15(23-2)9-11-16/h3-11H,12-13H2,1-2H3,(H,19,21). The molecular weight excluding hydrogens is 308 g/mol. The molecule has 0 fully saturated rings. The molecule has 0 aliphatic heterocycles. The average molecular weight is 328 g/mol. The third-order valence-corrected chi connectivity index (χ3v) is 3.29. The molecule has 24 heavy (non-hydrogen) atoms. The molecule has 0 radical (unpaired) electrons. The highest BCUT2D eigenvalue weighted by Gasteiger charge is 2.13. The number of likely N-dealkylation sites (N-methyl/N-ethyl adjacent to an activating group) is 1. The number of carbonyl (C=O) groups is 2. The summed E-state index contributed by atoms with van der Waals surface area (Å²) in [4.78, 5) is 25.3. The second-order valence-electron chi connectivity index (χ2n) is 5.13. The summed E-state index contributed by atoms with van der Waals surface area (Å²) in [6.45, 7) is -0.179. The monoisotopic (exact) mass is 328 g/mol. The Labute approximate surface area is 141 Å². The molecule has 0 spiro atoms. The molecule has 6 heteroatoms. The Kier molecular flexibility index (Phi) is 6.19. The molecule has 0 heterocycles. The summed E-state index contributed by atoms with van der Waals surface area (Å²) in [6.07, 6.45) is 0. The molecule has 0 atom stereocenters. The summed E-state index contributed by atoms with van der Waals surface area (Å²) in [5.41, 5.74) is 0.692. The van der Waals surface area contributed by atoms with E-state index in [1.807, 2.05) is 18.2 Å². The average Bonchev–Trinajstić information content (AvgIpc) is 2.60. The van der Waals surface area contributed by atoms with E-state index in [0.29, 0.717) is 17.2 Å². The topological polar surface area (TPSA) is 67.9 Å². The van der Waals surface area contributed by atoms with Crippen molar-refractivity contribution in [3.63, 3.8) is 0 Å². The van der Waals surface area contributed by atoms with E-state index in [4.69, 9.17) is 9.47 Å². The highest BCUT2D eigenvalue weighted by atomic mass is 16.5. The summed E-state index contributed by atoms with van der Waals surface area (Å²) in [7, 11) is 3.14. The van der Waals surface area contributed by atoms with Gasteiger partial charge in [-0.05, 0) is 36.4 Å². The van der Waals surface area contributed by atoms with Gasteiger partial charge in [0.15, 0.2) is 6.61 Å². The first kappa shape index (κ1) is 17.3. The summed E-state index contributed by atoms with van der Waals surface area (Å²) >= 11 is 0. The lowest BCUT2D eigenvalue weighted by Crippen LogP contribution is -2.37. The van der Waals surface area contributed by atoms with Gasteiger partial charge < -0.3 is 19.7 Å². The lowest BCUT2D eigenvalue weighted by atomic mass is 10.3. The van der Waals surface area contributed by atoms with Gasteiger partial charge in [0, 0.05) is 12.7 Å². The van der Waals surface area contributed by atoms with Crippen LogP contribution in [0.5, 0.6) is 11.5 Å². The number of nitrogens with zero attached hydrogens (tertiary/aromatic N) is 1. The predicted molar refractivity (Wildman–Crippen MR) is 91.2 cm³/mol. The third-order valence-electron chi connectivity index (χ3n) is 3.29. The maximum atomic E-state index is 12.0. The van der Waals surface area contributed by atoms with Gasteiger partial charge >= 0.3 is 0 Å². The second kappa shape index (κ2) is 8.57. The highest BCUT2D eigenvalue weighted by Crippen LogP contribution is 2.16. The van der Waals surface area contributed by atoms with Crippen LogP contribution in [-0.2, 0) is 9.59 Å². The van der Waals surface area contributed by atoms with Gasteiger partial charge in [-0.2, -0.15) is 0 Å². The Bertz CT molecular complexity index is 671. The number of carbonyl (C=O) groups excluding carboxylic acids is 2. The summed E-state index contributed by atoms with van der Waals surface area (Å²) in [6, 6.07) is 16.0. The molecule has 0 aliphatic rings. The molecule has 2 aromatic rings. The molecule has 2 aromatic carbocycles. The van der Waals surface area contributed by atoms with E-state index in [-0.39, 0.29) is 25.0 Å². The number of rotatable bonds is 7. The van der Waals surface area contributed by atoms with Crippen molar-refractivity contribution in [1.82, 2.24) is 4.90 Å². The number of amides is 2. The molecule has 2 rings (SSSR count). The summed E-state index contributed by atoms with van der Waals surface area (Å²) in [5, 5.41) is 2.73. The van der Waals surface area contributed by atoms with Crippen LogP contribution in [0.4, 0.5) is 5.69 Å². The minimum atomic E-state index is -0.283. The SMILES string of the molecule is COc1ccc(OCC(=O)N(C)CC(=O)Nc2ccccc2)cc1. The zero-order valence-corrected chi connectivity index (χ0v) is 13.7. The van der Waals surface area contributed by atoms with Crippen molar-refractivity contribution in [3.05, 3.63) is 54.6 Å². The largest absolute Gasteiger partial charge is 0.497 e. The van der Waals surface area contributed by atoms with Gasteiger partial charge in [-0.25, -0.2) is 0 Å². The highest BCUT2D eigenvalue weighted by molar-refractivity contribution is 5.94. The minimum absolute atomic E-state index is 0.0420. The number of anilines is 1. The first-order chi connectivity index (χ1) is 11.6. The van der Waals surface area contributed by atoms with Crippen LogP contribution >= 0.6 is 0 Å². The van der Waals surface area contributed by atoms with Gasteiger partial charge in [-0.1, -0.05) is 18.2 Å². The van der Waals surface area contributed by atoms with Crippen molar-refractivity contribution >= 4 is 17.5 Å². The van der Waals surface area contributed by atoms with Gasteiger partial charge in [0.05, 0.1) is 13.7 Å². The fourth-order valence-corrected chi connectivity index (χ4v) is 1.95. The molecule has 1 N–H and O–H groups in total. The number of methoxy groups -OCH3 is 1. The first-order valence-corrected chi connectivity index (χ1v) is 7.44. The minimum Gasteiger partial charge on any atom is -0.497 e. The number of hydrogen-bond donors (Lipinski definition) is 1. The molecule has 0 bridgehead atoms. The van der Waals surface area contributed by atoms with Gasteiger partial charge in [-0.3, -0.25) is 9.59 Å². The number of para-hydroxylation sites is 1. The van der Waals surface area contributed by atoms with Gasteiger partial charge in [-0.15, -0.1) is 0 Å². The predicted octanol–water partition coefficient (Wildman–Crippen LogP) is 2.17. The van der Waals surface area contributed by atoms with Gasteiger partial charge in [0.1, 0.15) is 11.5 Å². The molecule has 6 nitrogen and oxygen atoms in total. The molecule has 2 amide bonds. The zero-order valence-electron chi connectivity index (χ0n) is 13.7. The molecule has 0 saturated heterocycles. The number of nitrogens with one attached hydrogen (secondary N) is 1. The Balaban J connectivity index is 1.77. The number of ether oxygens (including phenoxy) is 2. The van der Waals surface area contributed by atoms with Crippen LogP contribution in [0.25, 0.3) is 0 Å². The smallest absolute Gasteiger partial charge is 0.260 e. The normalized spacial score (nSPS) is 9.92. The van der Waals surface area contributed by atoms with E-state index in [1.54, 1.807) is 50.6 Å². The van der Waals surface area contributed by atoms with Crippen LogP contribution in [0.3, 0.4) is 0 Å². The van der Waals surface area contributed by atoms with Crippen molar-refractivity contribution in [3.8, 4) is 11.5 Å². The van der Waals surface area contributed by atoms with E-state index in [1.165, 1.54) is 4.90 Å². The van der Waals surface area contributed by atoms with Gasteiger partial charge in [0.25, 0.3) is 5.91 Å². The van der Waals surface area contributed by atoms with E-state index in [2.05, 4.69) is 5.32 Å². The summed E-state index contributed by atoms with van der Waals surface area (Å²) in [5.74, 6) is 0.727.